The van der Waals surface area contributed by atoms with Gasteiger partial charge in [0.2, 0.25) is 5.91 Å². The standard InChI is InChI=1S/C7H14N2O8S2/c1-4(10)6(3-19(15,16)17)9-7(11)5(8)2-18(12,13)14/h5-6H,2-3,8H2,1H3,(H,9,11)(H,12,13,14)(H,15,16,17)/t5-,6-/m0/s1. The van der Waals surface area contributed by atoms with Crippen LogP contribution in [0.15, 0.2) is 0 Å². The Bertz CT molecular complexity index is 552. The van der Waals surface area contributed by atoms with Crippen molar-refractivity contribution in [3.05, 3.63) is 0 Å². The lowest BCUT2D eigenvalue weighted by Crippen LogP contribution is -2.52. The summed E-state index contributed by atoms with van der Waals surface area (Å²) in [5, 5.41) is 1.87. The molecule has 0 aliphatic rings. The van der Waals surface area contributed by atoms with Crippen molar-refractivity contribution in [3.63, 3.8) is 0 Å². The first-order valence-electron chi connectivity index (χ1n) is 4.78. The SMILES string of the molecule is CC(=O)[C@H](CS(=O)(=O)O)NC(=O)[C@@H](N)CS(=O)(=O)O. The molecule has 0 spiro atoms. The first kappa shape index (κ1) is 17.9. The van der Waals surface area contributed by atoms with E-state index in [0.717, 1.165) is 6.92 Å². The third-order valence-electron chi connectivity index (χ3n) is 1.91. The minimum Gasteiger partial charge on any atom is -0.344 e. The van der Waals surface area contributed by atoms with E-state index < -0.39 is 55.5 Å². The number of Topliss-reactive ketones (excluding diaryl/α,β-unsaturated/α-hetero) is 1. The second-order valence-corrected chi connectivity index (χ2v) is 6.77. The van der Waals surface area contributed by atoms with Crippen molar-refractivity contribution in [1.29, 1.82) is 0 Å². The molecule has 0 saturated heterocycles. The highest BCUT2D eigenvalue weighted by atomic mass is 32.2. The highest BCUT2D eigenvalue weighted by Crippen LogP contribution is 1.96. The van der Waals surface area contributed by atoms with Gasteiger partial charge in [-0.2, -0.15) is 16.8 Å². The zero-order valence-corrected chi connectivity index (χ0v) is 11.4. The van der Waals surface area contributed by atoms with Crippen LogP contribution in [0.1, 0.15) is 6.92 Å². The van der Waals surface area contributed by atoms with E-state index in [1.807, 2.05) is 5.32 Å². The molecule has 2 atom stereocenters. The molecular weight excluding hydrogens is 304 g/mol. The van der Waals surface area contributed by atoms with Crippen LogP contribution in [-0.2, 0) is 29.8 Å². The van der Waals surface area contributed by atoms with Crippen molar-refractivity contribution in [2.75, 3.05) is 11.5 Å². The van der Waals surface area contributed by atoms with Crippen molar-refractivity contribution in [1.82, 2.24) is 5.32 Å². The number of hydrogen-bond acceptors (Lipinski definition) is 7. The number of amides is 1. The molecule has 12 heteroatoms. The van der Waals surface area contributed by atoms with Crippen molar-refractivity contribution >= 4 is 31.9 Å². The maximum absolute atomic E-state index is 11.4. The van der Waals surface area contributed by atoms with Gasteiger partial charge in [-0.25, -0.2) is 0 Å². The quantitative estimate of drug-likeness (QED) is 0.359. The zero-order valence-electron chi connectivity index (χ0n) is 9.81. The Morgan fingerprint density at radius 1 is 1.11 bits per heavy atom. The third kappa shape index (κ3) is 8.61. The summed E-state index contributed by atoms with van der Waals surface area (Å²) < 4.78 is 59.2. The first-order valence-corrected chi connectivity index (χ1v) is 8.00. The van der Waals surface area contributed by atoms with Gasteiger partial charge in [-0.05, 0) is 6.92 Å². The molecule has 0 heterocycles. The van der Waals surface area contributed by atoms with Gasteiger partial charge in [-0.3, -0.25) is 18.7 Å². The van der Waals surface area contributed by atoms with Crippen molar-refractivity contribution in [2.24, 2.45) is 5.73 Å². The molecule has 112 valence electrons. The van der Waals surface area contributed by atoms with E-state index in [-0.39, 0.29) is 0 Å². The van der Waals surface area contributed by atoms with Crippen LogP contribution >= 0.6 is 0 Å². The summed E-state index contributed by atoms with van der Waals surface area (Å²) in [5.74, 6) is -4.08. The lowest BCUT2D eigenvalue weighted by molar-refractivity contribution is -0.126. The van der Waals surface area contributed by atoms with E-state index in [4.69, 9.17) is 14.8 Å². The summed E-state index contributed by atoms with van der Waals surface area (Å²) in [5.41, 5.74) is 5.14. The Morgan fingerprint density at radius 3 is 1.84 bits per heavy atom. The van der Waals surface area contributed by atoms with Gasteiger partial charge in [0.25, 0.3) is 20.2 Å². The molecule has 0 radical (unpaired) electrons. The predicted molar refractivity (Wildman–Crippen MR) is 63.4 cm³/mol. The van der Waals surface area contributed by atoms with Crippen LogP contribution in [0.4, 0.5) is 0 Å². The molecule has 0 saturated carbocycles. The second kappa shape index (κ2) is 6.38. The Morgan fingerprint density at radius 2 is 1.53 bits per heavy atom. The van der Waals surface area contributed by atoms with Crippen LogP contribution in [0.5, 0.6) is 0 Å². The lowest BCUT2D eigenvalue weighted by atomic mass is 10.2. The number of nitrogens with two attached hydrogens (primary N) is 1. The molecule has 19 heavy (non-hydrogen) atoms. The van der Waals surface area contributed by atoms with E-state index >= 15 is 0 Å². The fourth-order valence-corrected chi connectivity index (χ4v) is 2.40. The molecule has 0 aromatic heterocycles. The van der Waals surface area contributed by atoms with Gasteiger partial charge < -0.3 is 11.1 Å². The summed E-state index contributed by atoms with van der Waals surface area (Å²) in [6, 6.07) is -3.24. The van der Waals surface area contributed by atoms with Crippen LogP contribution in [0.2, 0.25) is 0 Å². The number of ketones is 1. The molecule has 10 nitrogen and oxygen atoms in total. The first-order chi connectivity index (χ1) is 8.32. The Balaban J connectivity index is 4.78. The minimum atomic E-state index is -4.52. The molecule has 5 N–H and O–H groups in total. The molecule has 0 rings (SSSR count). The topological polar surface area (TPSA) is 181 Å². The van der Waals surface area contributed by atoms with Gasteiger partial charge in [-0.15, -0.1) is 0 Å². The largest absolute Gasteiger partial charge is 0.344 e. The number of hydrogen-bond donors (Lipinski definition) is 4. The smallest absolute Gasteiger partial charge is 0.267 e. The van der Waals surface area contributed by atoms with Crippen molar-refractivity contribution in [3.8, 4) is 0 Å². The number of carbonyl (C=O) groups excluding carboxylic acids is 2. The Kier molecular flexibility index (Phi) is 6.02. The normalized spacial score (nSPS) is 15.6. The monoisotopic (exact) mass is 318 g/mol. The van der Waals surface area contributed by atoms with E-state index in [9.17, 15) is 26.4 Å². The molecule has 1 amide bonds. The van der Waals surface area contributed by atoms with Gasteiger partial charge in [0.05, 0.1) is 5.75 Å². The zero-order chi connectivity index (χ0) is 15.4. The van der Waals surface area contributed by atoms with E-state index in [2.05, 4.69) is 0 Å². The fourth-order valence-electron chi connectivity index (χ4n) is 1.05. The van der Waals surface area contributed by atoms with Crippen molar-refractivity contribution < 1.29 is 35.5 Å². The molecule has 0 aromatic rings. The molecule has 0 aliphatic carbocycles. The summed E-state index contributed by atoms with van der Waals surface area (Å²) >= 11 is 0. The van der Waals surface area contributed by atoms with E-state index in [1.54, 1.807) is 0 Å². The highest BCUT2D eigenvalue weighted by molar-refractivity contribution is 7.86. The van der Waals surface area contributed by atoms with Crippen molar-refractivity contribution in [2.45, 2.75) is 19.0 Å². The Hall–Kier alpha value is -1.08. The van der Waals surface area contributed by atoms with Crippen LogP contribution in [0.3, 0.4) is 0 Å². The molecule has 0 fully saturated rings. The highest BCUT2D eigenvalue weighted by Gasteiger charge is 2.27. The average Bonchev–Trinajstić information content (AvgIpc) is 2.11. The predicted octanol–water partition coefficient (Wildman–Crippen LogP) is -2.84. The van der Waals surface area contributed by atoms with Crippen LogP contribution < -0.4 is 11.1 Å². The molecule has 0 aromatic carbocycles. The van der Waals surface area contributed by atoms with Gasteiger partial charge in [-0.1, -0.05) is 0 Å². The van der Waals surface area contributed by atoms with Gasteiger partial charge in [0.1, 0.15) is 17.8 Å². The third-order valence-corrected chi connectivity index (χ3v) is 3.45. The average molecular weight is 318 g/mol. The van der Waals surface area contributed by atoms with Crippen LogP contribution in [0.25, 0.3) is 0 Å². The summed E-state index contributed by atoms with van der Waals surface area (Å²) in [6.07, 6.45) is 0. The van der Waals surface area contributed by atoms with E-state index in [0.29, 0.717) is 0 Å². The second-order valence-electron chi connectivity index (χ2n) is 3.78. The Labute approximate surface area is 109 Å². The van der Waals surface area contributed by atoms with Gasteiger partial charge in [0.15, 0.2) is 5.78 Å². The van der Waals surface area contributed by atoms with Crippen LogP contribution in [-0.4, -0.2) is 61.2 Å². The van der Waals surface area contributed by atoms with Crippen LogP contribution in [0, 0.1) is 0 Å². The maximum atomic E-state index is 11.4. The molecule has 0 unspecified atom stereocenters. The summed E-state index contributed by atoms with van der Waals surface area (Å²) in [7, 11) is -9.02. The maximum Gasteiger partial charge on any atom is 0.267 e. The van der Waals surface area contributed by atoms with Gasteiger partial charge in [0, 0.05) is 0 Å². The summed E-state index contributed by atoms with van der Waals surface area (Å²) in [6.45, 7) is 0.963. The minimum absolute atomic E-state index is 0.773. The number of rotatable bonds is 7. The molecular formula is C7H14N2O8S2. The fraction of sp³-hybridized carbons (Fsp3) is 0.714. The van der Waals surface area contributed by atoms with Gasteiger partial charge >= 0.3 is 0 Å². The molecule has 0 bridgehead atoms. The summed E-state index contributed by atoms with van der Waals surface area (Å²) in [4.78, 5) is 22.4. The lowest BCUT2D eigenvalue weighted by Gasteiger charge is -2.17. The van der Waals surface area contributed by atoms with E-state index in [1.165, 1.54) is 0 Å². The number of nitrogens with one attached hydrogen (secondary N) is 1. The molecule has 0 aliphatic heterocycles. The number of carbonyl (C=O) groups is 2.